The number of carbonyl (C=O) groups excluding carboxylic acids is 1. The average molecular weight is 482 g/mol. The number of halogens is 1. The number of rotatable bonds is 7. The van der Waals surface area contributed by atoms with Gasteiger partial charge in [0.25, 0.3) is 0 Å². The van der Waals surface area contributed by atoms with E-state index >= 15 is 0 Å². The second kappa shape index (κ2) is 8.78. The molecule has 32 heavy (non-hydrogen) atoms. The summed E-state index contributed by atoms with van der Waals surface area (Å²) in [7, 11) is 0. The van der Waals surface area contributed by atoms with Gasteiger partial charge in [-0.3, -0.25) is 9.36 Å². The standard InChI is InChI=1S/C22H16ClN5O2S2/c1-2-9-28-20(17-11-13-10-14(23)7-8-16(13)30-17)26-27-22(28)31-12-19(29)25-21-24-15-5-3-4-6-18(15)32-21/h2-8,10-11H,1,9,12H2,(H,24,25,29). The lowest BCUT2D eigenvalue weighted by molar-refractivity contribution is -0.113. The first-order valence-electron chi connectivity index (χ1n) is 9.62. The minimum Gasteiger partial charge on any atom is -0.453 e. The molecule has 5 aromatic rings. The van der Waals surface area contributed by atoms with Gasteiger partial charge < -0.3 is 9.73 Å². The molecule has 0 bridgehead atoms. The molecular weight excluding hydrogens is 466 g/mol. The number of hydrogen-bond donors (Lipinski definition) is 1. The van der Waals surface area contributed by atoms with E-state index in [-0.39, 0.29) is 11.7 Å². The molecule has 0 aliphatic rings. The number of amides is 1. The van der Waals surface area contributed by atoms with E-state index in [1.165, 1.54) is 23.1 Å². The fourth-order valence-corrected chi connectivity index (χ4v) is 5.02. The number of thioether (sulfide) groups is 1. The van der Waals surface area contributed by atoms with Crippen molar-refractivity contribution in [3.63, 3.8) is 0 Å². The highest BCUT2D eigenvalue weighted by Crippen LogP contribution is 2.31. The van der Waals surface area contributed by atoms with Gasteiger partial charge in [-0.1, -0.05) is 52.9 Å². The molecule has 2 aromatic carbocycles. The molecule has 3 heterocycles. The van der Waals surface area contributed by atoms with Crippen LogP contribution in [0.15, 0.2) is 70.8 Å². The third-order valence-corrected chi connectivity index (χ3v) is 6.75. The summed E-state index contributed by atoms with van der Waals surface area (Å²) in [6.45, 7) is 4.29. The number of benzene rings is 2. The zero-order valence-corrected chi connectivity index (χ0v) is 19.0. The number of para-hydroxylation sites is 1. The minimum atomic E-state index is -0.165. The second-order valence-corrected chi connectivity index (χ2v) is 9.23. The fourth-order valence-electron chi connectivity index (χ4n) is 3.21. The van der Waals surface area contributed by atoms with E-state index in [2.05, 4.69) is 27.1 Å². The molecule has 3 aromatic heterocycles. The first-order valence-corrected chi connectivity index (χ1v) is 11.8. The maximum atomic E-state index is 12.5. The largest absolute Gasteiger partial charge is 0.453 e. The molecule has 0 aliphatic carbocycles. The van der Waals surface area contributed by atoms with Crippen molar-refractivity contribution < 1.29 is 9.21 Å². The van der Waals surface area contributed by atoms with Gasteiger partial charge in [0.05, 0.1) is 16.0 Å². The lowest BCUT2D eigenvalue weighted by Crippen LogP contribution is -2.14. The average Bonchev–Trinajstić information content (AvgIpc) is 3.48. The van der Waals surface area contributed by atoms with E-state index < -0.39 is 0 Å². The van der Waals surface area contributed by atoms with Crippen LogP contribution in [0.2, 0.25) is 5.02 Å². The molecule has 10 heteroatoms. The van der Waals surface area contributed by atoms with E-state index in [9.17, 15) is 4.79 Å². The van der Waals surface area contributed by atoms with Crippen molar-refractivity contribution in [3.05, 3.63) is 66.2 Å². The predicted molar refractivity (Wildman–Crippen MR) is 129 cm³/mol. The number of aromatic nitrogens is 4. The summed E-state index contributed by atoms with van der Waals surface area (Å²) in [5, 5.41) is 14.1. The van der Waals surface area contributed by atoms with Gasteiger partial charge in [-0.2, -0.15) is 0 Å². The van der Waals surface area contributed by atoms with Crippen molar-refractivity contribution in [3.8, 4) is 11.6 Å². The third kappa shape index (κ3) is 4.14. The lowest BCUT2D eigenvalue weighted by Gasteiger charge is -2.06. The van der Waals surface area contributed by atoms with E-state index in [1.807, 2.05) is 47.0 Å². The molecular formula is C22H16ClN5O2S2. The summed E-state index contributed by atoms with van der Waals surface area (Å²) in [6.07, 6.45) is 1.75. The second-order valence-electron chi connectivity index (χ2n) is 6.82. The number of anilines is 1. The van der Waals surface area contributed by atoms with Gasteiger partial charge in [-0.25, -0.2) is 4.98 Å². The SMILES string of the molecule is C=CCn1c(SCC(=O)Nc2nc3ccccc3s2)nnc1-c1cc2cc(Cl)ccc2o1. The zero-order chi connectivity index (χ0) is 22.1. The first kappa shape index (κ1) is 20.7. The Balaban J connectivity index is 1.33. The highest BCUT2D eigenvalue weighted by Gasteiger charge is 2.18. The summed E-state index contributed by atoms with van der Waals surface area (Å²) in [5.41, 5.74) is 1.57. The van der Waals surface area contributed by atoms with E-state index in [1.54, 1.807) is 12.1 Å². The van der Waals surface area contributed by atoms with Crippen LogP contribution in [0.5, 0.6) is 0 Å². The van der Waals surface area contributed by atoms with Crippen LogP contribution in [0.3, 0.4) is 0 Å². The Morgan fingerprint density at radius 3 is 2.97 bits per heavy atom. The Morgan fingerprint density at radius 2 is 2.12 bits per heavy atom. The molecule has 5 rings (SSSR count). The Kier molecular flexibility index (Phi) is 5.69. The molecule has 1 amide bonds. The number of nitrogens with zero attached hydrogens (tertiary/aromatic N) is 4. The van der Waals surface area contributed by atoms with Crippen LogP contribution in [0.25, 0.3) is 32.8 Å². The highest BCUT2D eigenvalue weighted by atomic mass is 35.5. The maximum Gasteiger partial charge on any atom is 0.236 e. The zero-order valence-electron chi connectivity index (χ0n) is 16.6. The van der Waals surface area contributed by atoms with Gasteiger partial charge in [0.15, 0.2) is 16.0 Å². The van der Waals surface area contributed by atoms with Crippen molar-refractivity contribution in [2.45, 2.75) is 11.7 Å². The summed E-state index contributed by atoms with van der Waals surface area (Å²) in [5.74, 6) is 1.14. The Morgan fingerprint density at radius 1 is 1.25 bits per heavy atom. The molecule has 0 spiro atoms. The van der Waals surface area contributed by atoms with Crippen LogP contribution < -0.4 is 5.32 Å². The van der Waals surface area contributed by atoms with Crippen LogP contribution in [0, 0.1) is 0 Å². The van der Waals surface area contributed by atoms with Crippen molar-refractivity contribution in [2.75, 3.05) is 11.1 Å². The number of carbonyl (C=O) groups is 1. The molecule has 0 saturated carbocycles. The number of furan rings is 1. The van der Waals surface area contributed by atoms with Crippen LogP contribution in [0.1, 0.15) is 0 Å². The molecule has 0 radical (unpaired) electrons. The molecule has 0 unspecified atom stereocenters. The summed E-state index contributed by atoms with van der Waals surface area (Å²) < 4.78 is 8.82. The van der Waals surface area contributed by atoms with Crippen molar-refractivity contribution in [2.24, 2.45) is 0 Å². The smallest absolute Gasteiger partial charge is 0.236 e. The summed E-state index contributed by atoms with van der Waals surface area (Å²) >= 11 is 8.81. The first-order chi connectivity index (χ1) is 15.6. The number of thiazole rings is 1. The molecule has 0 saturated heterocycles. The number of allylic oxidation sites excluding steroid dienone is 1. The summed E-state index contributed by atoms with van der Waals surface area (Å²) in [4.78, 5) is 16.9. The van der Waals surface area contributed by atoms with Gasteiger partial charge >= 0.3 is 0 Å². The molecule has 1 N–H and O–H groups in total. The Hall–Kier alpha value is -3.14. The Bertz CT molecular complexity index is 1420. The topological polar surface area (TPSA) is 85.8 Å². The third-order valence-electron chi connectivity index (χ3n) is 4.60. The van der Waals surface area contributed by atoms with Gasteiger partial charge in [0.1, 0.15) is 5.58 Å². The van der Waals surface area contributed by atoms with E-state index in [0.29, 0.717) is 39.0 Å². The van der Waals surface area contributed by atoms with Crippen molar-refractivity contribution in [1.82, 2.24) is 19.7 Å². The lowest BCUT2D eigenvalue weighted by atomic mass is 10.2. The van der Waals surface area contributed by atoms with Gasteiger partial charge in [-0.15, -0.1) is 16.8 Å². The van der Waals surface area contributed by atoms with Gasteiger partial charge in [-0.05, 0) is 36.4 Å². The van der Waals surface area contributed by atoms with Crippen LogP contribution in [0.4, 0.5) is 5.13 Å². The molecule has 0 fully saturated rings. The fraction of sp³-hybridized carbons (Fsp3) is 0.0909. The Labute approximate surface area is 196 Å². The predicted octanol–water partition coefficient (Wildman–Crippen LogP) is 5.87. The number of hydrogen-bond acceptors (Lipinski definition) is 7. The van der Waals surface area contributed by atoms with E-state index in [4.69, 9.17) is 16.0 Å². The molecule has 7 nitrogen and oxygen atoms in total. The van der Waals surface area contributed by atoms with Crippen LogP contribution in [-0.2, 0) is 11.3 Å². The monoisotopic (exact) mass is 481 g/mol. The van der Waals surface area contributed by atoms with Gasteiger partial charge in [0, 0.05) is 17.0 Å². The molecule has 160 valence electrons. The van der Waals surface area contributed by atoms with Crippen LogP contribution in [-0.4, -0.2) is 31.4 Å². The van der Waals surface area contributed by atoms with Crippen LogP contribution >= 0.6 is 34.7 Å². The normalized spacial score (nSPS) is 11.3. The van der Waals surface area contributed by atoms with Crippen molar-refractivity contribution in [1.29, 1.82) is 0 Å². The molecule has 0 atom stereocenters. The van der Waals surface area contributed by atoms with E-state index in [0.717, 1.165) is 15.6 Å². The highest BCUT2D eigenvalue weighted by molar-refractivity contribution is 7.99. The van der Waals surface area contributed by atoms with Gasteiger partial charge in [0.2, 0.25) is 11.7 Å². The number of nitrogens with one attached hydrogen (secondary N) is 1. The quantitative estimate of drug-likeness (QED) is 0.231. The number of fused-ring (bicyclic) bond motifs is 2. The van der Waals surface area contributed by atoms with Crippen molar-refractivity contribution >= 4 is 66.9 Å². The minimum absolute atomic E-state index is 0.165. The molecule has 0 aliphatic heterocycles. The summed E-state index contributed by atoms with van der Waals surface area (Å²) in [6, 6.07) is 15.1. The maximum absolute atomic E-state index is 12.5.